The number of carbonyl (C=O) groups is 1. The van der Waals surface area contributed by atoms with E-state index in [1.165, 1.54) is 30.3 Å². The molecule has 0 bridgehead atoms. The second kappa shape index (κ2) is 9.37. The summed E-state index contributed by atoms with van der Waals surface area (Å²) in [6, 6.07) is 14.4. The molecule has 0 aliphatic carbocycles. The number of nitrogens with two attached hydrogens (primary N) is 1. The fourth-order valence-corrected chi connectivity index (χ4v) is 5.10. The molecule has 0 radical (unpaired) electrons. The molecule has 2 N–H and O–H groups in total. The first kappa shape index (κ1) is 24.8. The van der Waals surface area contributed by atoms with E-state index in [9.17, 15) is 13.6 Å². The van der Waals surface area contributed by atoms with E-state index < -0.39 is 36.3 Å². The highest BCUT2D eigenvalue weighted by molar-refractivity contribution is 6.01. The van der Waals surface area contributed by atoms with Crippen molar-refractivity contribution in [2.45, 2.75) is 19.3 Å². The molecule has 1 unspecified atom stereocenters. The quantitative estimate of drug-likeness (QED) is 0.350. The predicted molar refractivity (Wildman–Crippen MR) is 139 cm³/mol. The van der Waals surface area contributed by atoms with Crippen LogP contribution in [0.25, 0.3) is 11.1 Å². The van der Waals surface area contributed by atoms with Gasteiger partial charge in [-0.15, -0.1) is 0 Å². The lowest BCUT2D eigenvalue weighted by Crippen LogP contribution is -2.58. The summed E-state index contributed by atoms with van der Waals surface area (Å²) in [7, 11) is 3.03. The average Bonchev–Trinajstić information content (AvgIpc) is 3.28. The first-order chi connectivity index (χ1) is 18.8. The van der Waals surface area contributed by atoms with Crippen LogP contribution in [0.5, 0.6) is 5.75 Å². The van der Waals surface area contributed by atoms with Gasteiger partial charge in [-0.2, -0.15) is 5.06 Å². The van der Waals surface area contributed by atoms with Gasteiger partial charge in [-0.05, 0) is 42.0 Å². The van der Waals surface area contributed by atoms with Crippen molar-refractivity contribution in [1.29, 1.82) is 0 Å². The number of nitrogens with zero attached hydrogens (tertiary/aromatic N) is 4. The van der Waals surface area contributed by atoms with E-state index in [1.54, 1.807) is 41.2 Å². The molecule has 1 aromatic heterocycles. The summed E-state index contributed by atoms with van der Waals surface area (Å²) in [4.78, 5) is 21.4. The number of hydrogen-bond donors (Lipinski definition) is 1. The molecule has 200 valence electrons. The Labute approximate surface area is 222 Å². The van der Waals surface area contributed by atoms with Gasteiger partial charge in [-0.3, -0.25) is 14.4 Å². The van der Waals surface area contributed by atoms with Crippen molar-refractivity contribution in [3.63, 3.8) is 0 Å². The Bertz CT molecular complexity index is 1570. The zero-order valence-corrected chi connectivity index (χ0v) is 21.1. The van der Waals surface area contributed by atoms with Crippen LogP contribution < -0.4 is 20.4 Å². The normalized spacial score (nSPS) is 16.9. The molecular weight excluding hydrogens is 511 g/mol. The van der Waals surface area contributed by atoms with E-state index in [4.69, 9.17) is 15.3 Å². The van der Waals surface area contributed by atoms with Gasteiger partial charge in [-0.25, -0.2) is 23.0 Å². The molecule has 0 spiro atoms. The Balaban J connectivity index is 1.59. The van der Waals surface area contributed by atoms with Gasteiger partial charge in [0.05, 0.1) is 31.6 Å². The third-order valence-corrected chi connectivity index (χ3v) is 6.96. The Morgan fingerprint density at radius 2 is 1.72 bits per heavy atom. The largest absolute Gasteiger partial charge is 0.494 e. The summed E-state index contributed by atoms with van der Waals surface area (Å²) in [5.74, 6) is -2.46. The van der Waals surface area contributed by atoms with Crippen LogP contribution in [0.1, 0.15) is 23.0 Å². The number of ether oxygens (including phenoxy) is 1. The van der Waals surface area contributed by atoms with Crippen LogP contribution in [0, 0.1) is 17.5 Å². The summed E-state index contributed by atoms with van der Waals surface area (Å²) >= 11 is 0. The maximum atomic E-state index is 15.6. The lowest BCUT2D eigenvalue weighted by atomic mass is 10.0. The number of nitrogen functional groups attached to an aromatic ring is 1. The van der Waals surface area contributed by atoms with Gasteiger partial charge in [0.15, 0.2) is 11.6 Å². The Morgan fingerprint density at radius 1 is 1.03 bits per heavy atom. The van der Waals surface area contributed by atoms with Crippen LogP contribution in [0.2, 0.25) is 0 Å². The number of carbonyl (C=O) groups excluding carboxylic acids is 1. The summed E-state index contributed by atoms with van der Waals surface area (Å²) < 4.78 is 51.8. The van der Waals surface area contributed by atoms with Gasteiger partial charge in [0.2, 0.25) is 6.23 Å². The number of urea groups is 1. The minimum Gasteiger partial charge on any atom is -0.494 e. The predicted octanol–water partition coefficient (Wildman–Crippen LogP) is 5.32. The van der Waals surface area contributed by atoms with Crippen LogP contribution in [-0.4, -0.2) is 29.9 Å². The van der Waals surface area contributed by atoms with Crippen LogP contribution in [-0.2, 0) is 17.9 Å². The van der Waals surface area contributed by atoms with Crippen LogP contribution in [0.4, 0.5) is 29.3 Å². The van der Waals surface area contributed by atoms with Crippen molar-refractivity contribution in [2.75, 3.05) is 29.8 Å². The summed E-state index contributed by atoms with van der Waals surface area (Å²) in [6.07, 6.45) is 0.652. The molecule has 3 aromatic carbocycles. The molecule has 0 saturated heterocycles. The second-order valence-electron chi connectivity index (χ2n) is 9.32. The molecule has 2 amide bonds. The van der Waals surface area contributed by atoms with E-state index in [0.29, 0.717) is 17.9 Å². The molecule has 2 aliphatic heterocycles. The third-order valence-electron chi connectivity index (χ3n) is 6.96. The average molecular weight is 536 g/mol. The van der Waals surface area contributed by atoms with Crippen molar-refractivity contribution in [2.24, 2.45) is 0 Å². The summed E-state index contributed by atoms with van der Waals surface area (Å²) in [5, 5.41) is 2.73. The monoisotopic (exact) mass is 535 g/mol. The number of amides is 2. The van der Waals surface area contributed by atoms with Crippen LogP contribution >= 0.6 is 0 Å². The van der Waals surface area contributed by atoms with E-state index in [2.05, 4.69) is 0 Å². The molecule has 2 aliphatic rings. The third kappa shape index (κ3) is 3.98. The van der Waals surface area contributed by atoms with E-state index in [0.717, 1.165) is 33.7 Å². The van der Waals surface area contributed by atoms with Crippen molar-refractivity contribution in [1.82, 2.24) is 9.74 Å². The SMILES string of the molecule is COc1cccc(N2C(=O)N(Cc3c(F)cccc3F)n3cc(-c4ccc(N)cc4)c4c3C2ON(C)C4)c1F. The van der Waals surface area contributed by atoms with Crippen LogP contribution in [0.15, 0.2) is 66.9 Å². The number of hydroxylamine groups is 2. The highest BCUT2D eigenvalue weighted by atomic mass is 19.1. The maximum absolute atomic E-state index is 15.6. The highest BCUT2D eigenvalue weighted by Crippen LogP contribution is 2.45. The fourth-order valence-electron chi connectivity index (χ4n) is 5.10. The van der Waals surface area contributed by atoms with Gasteiger partial charge < -0.3 is 10.5 Å². The smallest absolute Gasteiger partial charge is 0.346 e. The highest BCUT2D eigenvalue weighted by Gasteiger charge is 2.46. The van der Waals surface area contributed by atoms with Gasteiger partial charge in [0.1, 0.15) is 11.6 Å². The van der Waals surface area contributed by atoms with Crippen molar-refractivity contribution in [3.8, 4) is 16.9 Å². The lowest BCUT2D eigenvalue weighted by Gasteiger charge is -2.45. The molecule has 39 heavy (non-hydrogen) atoms. The summed E-state index contributed by atoms with van der Waals surface area (Å²) in [5.41, 5.74) is 8.98. The van der Waals surface area contributed by atoms with Gasteiger partial charge >= 0.3 is 6.03 Å². The van der Waals surface area contributed by atoms with Crippen molar-refractivity contribution < 1.29 is 27.5 Å². The maximum Gasteiger partial charge on any atom is 0.346 e. The standard InChI is InChI=1S/C28H24F3N5O3/c1-33-13-19-18(16-9-11-17(32)12-10-16)14-34-26(19)27(39-33)36(23-7-4-8-24(38-2)25(23)31)28(37)35(34)15-20-21(29)5-3-6-22(20)30/h3-12,14,27H,13,15,32H2,1-2H3. The number of halogens is 3. The number of hydrogen-bond acceptors (Lipinski definition) is 5. The number of benzene rings is 3. The number of rotatable bonds is 5. The van der Waals surface area contributed by atoms with Gasteiger partial charge in [0.25, 0.3) is 0 Å². The fraction of sp³-hybridized carbons (Fsp3) is 0.179. The first-order valence-corrected chi connectivity index (χ1v) is 12.1. The minimum absolute atomic E-state index is 0.0695. The van der Waals surface area contributed by atoms with E-state index >= 15 is 4.39 Å². The number of aromatic nitrogens is 1. The van der Waals surface area contributed by atoms with E-state index in [-0.39, 0.29) is 17.0 Å². The minimum atomic E-state index is -1.07. The molecular formula is C28H24F3N5O3. The van der Waals surface area contributed by atoms with E-state index in [1.807, 2.05) is 12.1 Å². The van der Waals surface area contributed by atoms with Crippen molar-refractivity contribution in [3.05, 3.63) is 101 Å². The Kier molecular flexibility index (Phi) is 5.96. The molecule has 11 heteroatoms. The zero-order chi connectivity index (χ0) is 27.4. The molecule has 8 nitrogen and oxygen atoms in total. The molecule has 6 rings (SSSR count). The molecule has 0 saturated carbocycles. The summed E-state index contributed by atoms with van der Waals surface area (Å²) in [6.45, 7) is -0.118. The topological polar surface area (TPSA) is 76.2 Å². The molecule has 4 aromatic rings. The van der Waals surface area contributed by atoms with Gasteiger partial charge in [0, 0.05) is 35.6 Å². The number of anilines is 2. The van der Waals surface area contributed by atoms with Crippen molar-refractivity contribution >= 4 is 17.4 Å². The number of methoxy groups -OCH3 is 1. The Morgan fingerprint density at radius 3 is 2.41 bits per heavy atom. The van der Waals surface area contributed by atoms with Crippen LogP contribution in [0.3, 0.4) is 0 Å². The van der Waals surface area contributed by atoms with Gasteiger partial charge in [-0.1, -0.05) is 24.3 Å². The Hall–Kier alpha value is -4.48. The second-order valence-corrected chi connectivity index (χ2v) is 9.32. The first-order valence-electron chi connectivity index (χ1n) is 12.1. The molecule has 1 atom stereocenters. The molecule has 0 fully saturated rings. The molecule has 3 heterocycles. The lowest BCUT2D eigenvalue weighted by molar-refractivity contribution is -0.202. The zero-order valence-electron chi connectivity index (χ0n) is 21.1.